The van der Waals surface area contributed by atoms with E-state index in [9.17, 15) is 5.11 Å². The van der Waals surface area contributed by atoms with Gasteiger partial charge in [0.1, 0.15) is 18.0 Å². The summed E-state index contributed by atoms with van der Waals surface area (Å²) >= 11 is 0. The highest BCUT2D eigenvalue weighted by atomic mass is 16.4. The van der Waals surface area contributed by atoms with Crippen LogP contribution < -0.4 is 0 Å². The van der Waals surface area contributed by atoms with Crippen molar-refractivity contribution in [1.29, 1.82) is 0 Å². The summed E-state index contributed by atoms with van der Waals surface area (Å²) in [5.74, 6) is 1.17. The third kappa shape index (κ3) is 1.52. The zero-order valence-electron chi connectivity index (χ0n) is 8.94. The average molecular weight is 218 g/mol. The molecule has 1 aliphatic rings. The van der Waals surface area contributed by atoms with Gasteiger partial charge in [0.15, 0.2) is 0 Å². The van der Waals surface area contributed by atoms with Crippen molar-refractivity contribution in [2.45, 2.75) is 32.0 Å². The predicted molar refractivity (Wildman–Crippen MR) is 60.0 cm³/mol. The van der Waals surface area contributed by atoms with E-state index in [4.69, 9.17) is 9.52 Å². The van der Waals surface area contributed by atoms with Crippen LogP contribution in [0.5, 0.6) is 0 Å². The van der Waals surface area contributed by atoms with E-state index in [1.54, 1.807) is 0 Å². The van der Waals surface area contributed by atoms with E-state index in [0.717, 1.165) is 16.5 Å². The standard InChI is InChI=1S/C13H14O3/c14-6-8-3-10-5-11(7-15)16-13(10)12(4-8)9-1-2-9/h3-5,9,14-15H,1-2,6-7H2. The monoisotopic (exact) mass is 218 g/mol. The van der Waals surface area contributed by atoms with Gasteiger partial charge < -0.3 is 14.6 Å². The highest BCUT2D eigenvalue weighted by Gasteiger charge is 2.27. The lowest BCUT2D eigenvalue weighted by Gasteiger charge is -2.03. The summed E-state index contributed by atoms with van der Waals surface area (Å²) in [5, 5.41) is 19.3. The Labute approximate surface area is 93.3 Å². The molecule has 0 bridgehead atoms. The van der Waals surface area contributed by atoms with E-state index in [1.807, 2.05) is 18.2 Å². The average Bonchev–Trinajstić information content (AvgIpc) is 3.06. The molecule has 1 saturated carbocycles. The van der Waals surface area contributed by atoms with Crippen LogP contribution in [0.1, 0.15) is 35.6 Å². The number of hydrogen-bond donors (Lipinski definition) is 2. The largest absolute Gasteiger partial charge is 0.458 e. The van der Waals surface area contributed by atoms with Crippen molar-refractivity contribution in [3.8, 4) is 0 Å². The second kappa shape index (κ2) is 3.61. The molecule has 2 aromatic rings. The van der Waals surface area contributed by atoms with Gasteiger partial charge >= 0.3 is 0 Å². The van der Waals surface area contributed by atoms with E-state index in [-0.39, 0.29) is 13.2 Å². The molecular weight excluding hydrogens is 204 g/mol. The molecule has 0 radical (unpaired) electrons. The van der Waals surface area contributed by atoms with Crippen LogP contribution in [-0.2, 0) is 13.2 Å². The summed E-state index contributed by atoms with van der Waals surface area (Å²) in [6.45, 7) is -0.0253. The molecule has 0 aliphatic heterocycles. The molecule has 84 valence electrons. The summed E-state index contributed by atoms with van der Waals surface area (Å²) in [5.41, 5.74) is 2.98. The summed E-state index contributed by atoms with van der Waals surface area (Å²) < 4.78 is 5.62. The second-order valence-electron chi connectivity index (χ2n) is 4.41. The minimum absolute atomic E-state index is 0.0509. The van der Waals surface area contributed by atoms with Crippen molar-refractivity contribution in [2.75, 3.05) is 0 Å². The Hall–Kier alpha value is -1.32. The maximum atomic E-state index is 9.21. The first-order valence-electron chi connectivity index (χ1n) is 5.59. The molecular formula is C13H14O3. The number of rotatable bonds is 3. The topological polar surface area (TPSA) is 53.6 Å². The first-order valence-corrected chi connectivity index (χ1v) is 5.59. The Kier molecular flexibility index (Phi) is 2.23. The lowest BCUT2D eigenvalue weighted by atomic mass is 10.0. The van der Waals surface area contributed by atoms with Crippen molar-refractivity contribution in [3.05, 3.63) is 35.1 Å². The number of hydrogen-bond acceptors (Lipinski definition) is 3. The van der Waals surface area contributed by atoms with Gasteiger partial charge in [-0.25, -0.2) is 0 Å². The smallest absolute Gasteiger partial charge is 0.137 e. The van der Waals surface area contributed by atoms with Crippen LogP contribution in [0.2, 0.25) is 0 Å². The molecule has 0 spiro atoms. The Balaban J connectivity index is 2.22. The molecule has 0 saturated heterocycles. The van der Waals surface area contributed by atoms with Gasteiger partial charge in [-0.3, -0.25) is 0 Å². The van der Waals surface area contributed by atoms with Gasteiger partial charge in [0.25, 0.3) is 0 Å². The molecule has 1 heterocycles. The van der Waals surface area contributed by atoms with Crippen molar-refractivity contribution in [1.82, 2.24) is 0 Å². The van der Waals surface area contributed by atoms with Crippen LogP contribution in [0.15, 0.2) is 22.6 Å². The molecule has 1 aromatic carbocycles. The molecule has 3 heteroatoms. The maximum absolute atomic E-state index is 9.21. The van der Waals surface area contributed by atoms with Crippen molar-refractivity contribution in [2.24, 2.45) is 0 Å². The Bertz CT molecular complexity index is 523. The SMILES string of the molecule is OCc1cc(C2CC2)c2oc(CO)cc2c1. The van der Waals surface area contributed by atoms with Crippen molar-refractivity contribution in [3.63, 3.8) is 0 Å². The fraction of sp³-hybridized carbons (Fsp3) is 0.385. The number of aliphatic hydroxyl groups is 2. The molecule has 1 aliphatic carbocycles. The molecule has 3 rings (SSSR count). The van der Waals surface area contributed by atoms with Crippen LogP contribution in [0.3, 0.4) is 0 Å². The Morgan fingerprint density at radius 3 is 2.56 bits per heavy atom. The molecule has 1 aromatic heterocycles. The van der Waals surface area contributed by atoms with Gasteiger partial charge in [-0.05, 0) is 48.1 Å². The fourth-order valence-electron chi connectivity index (χ4n) is 2.16. The van der Waals surface area contributed by atoms with Crippen LogP contribution in [0.4, 0.5) is 0 Å². The van der Waals surface area contributed by atoms with Crippen molar-refractivity contribution < 1.29 is 14.6 Å². The quantitative estimate of drug-likeness (QED) is 0.831. The Morgan fingerprint density at radius 1 is 1.12 bits per heavy atom. The van der Waals surface area contributed by atoms with Gasteiger partial charge in [-0.15, -0.1) is 0 Å². The molecule has 3 nitrogen and oxygen atoms in total. The van der Waals surface area contributed by atoms with Gasteiger partial charge in [-0.1, -0.05) is 0 Å². The van der Waals surface area contributed by atoms with Crippen LogP contribution in [0, 0.1) is 0 Å². The Morgan fingerprint density at radius 2 is 1.94 bits per heavy atom. The first kappa shape index (κ1) is 9.87. The van der Waals surface area contributed by atoms with Crippen LogP contribution >= 0.6 is 0 Å². The zero-order valence-corrected chi connectivity index (χ0v) is 8.94. The summed E-state index contributed by atoms with van der Waals surface area (Å²) in [6.07, 6.45) is 2.39. The fourth-order valence-corrected chi connectivity index (χ4v) is 2.16. The lowest BCUT2D eigenvalue weighted by Crippen LogP contribution is -1.87. The molecule has 2 N–H and O–H groups in total. The molecule has 1 fully saturated rings. The molecule has 0 atom stereocenters. The molecule has 0 amide bonds. The van der Waals surface area contributed by atoms with Gasteiger partial charge in [0.2, 0.25) is 0 Å². The van der Waals surface area contributed by atoms with E-state index < -0.39 is 0 Å². The zero-order chi connectivity index (χ0) is 11.1. The van der Waals surface area contributed by atoms with Crippen molar-refractivity contribution >= 4 is 11.0 Å². The number of aliphatic hydroxyl groups excluding tert-OH is 2. The second-order valence-corrected chi connectivity index (χ2v) is 4.41. The third-order valence-corrected chi connectivity index (χ3v) is 3.11. The minimum atomic E-state index is -0.0761. The normalized spacial score (nSPS) is 15.9. The maximum Gasteiger partial charge on any atom is 0.137 e. The number of benzene rings is 1. The van der Waals surface area contributed by atoms with E-state index in [0.29, 0.717) is 11.7 Å². The number of fused-ring (bicyclic) bond motifs is 1. The van der Waals surface area contributed by atoms with E-state index in [1.165, 1.54) is 18.4 Å². The lowest BCUT2D eigenvalue weighted by molar-refractivity contribution is 0.251. The number of furan rings is 1. The van der Waals surface area contributed by atoms with Gasteiger partial charge in [0.05, 0.1) is 6.61 Å². The first-order chi connectivity index (χ1) is 7.81. The van der Waals surface area contributed by atoms with Gasteiger partial charge in [-0.2, -0.15) is 0 Å². The molecule has 16 heavy (non-hydrogen) atoms. The summed E-state index contributed by atoms with van der Waals surface area (Å²) in [7, 11) is 0. The molecule has 0 unspecified atom stereocenters. The summed E-state index contributed by atoms with van der Waals surface area (Å²) in [6, 6.07) is 5.79. The third-order valence-electron chi connectivity index (χ3n) is 3.11. The van der Waals surface area contributed by atoms with E-state index >= 15 is 0 Å². The van der Waals surface area contributed by atoms with E-state index in [2.05, 4.69) is 0 Å². The minimum Gasteiger partial charge on any atom is -0.458 e. The predicted octanol–water partition coefficient (Wildman–Crippen LogP) is 2.29. The summed E-state index contributed by atoms with van der Waals surface area (Å²) in [4.78, 5) is 0. The van der Waals surface area contributed by atoms with Gasteiger partial charge in [0, 0.05) is 5.39 Å². The van der Waals surface area contributed by atoms with Crippen LogP contribution in [0.25, 0.3) is 11.0 Å². The highest BCUT2D eigenvalue weighted by molar-refractivity contribution is 5.83. The highest BCUT2D eigenvalue weighted by Crippen LogP contribution is 2.44. The van der Waals surface area contributed by atoms with Crippen LogP contribution in [-0.4, -0.2) is 10.2 Å².